The first-order valence-electron chi connectivity index (χ1n) is 5.90. The van der Waals surface area contributed by atoms with Crippen LogP contribution in [0, 0.1) is 0 Å². The molecule has 0 unspecified atom stereocenters. The minimum atomic E-state index is -0.217. The van der Waals surface area contributed by atoms with E-state index in [1.54, 1.807) is 35.4 Å². The Hall–Kier alpha value is -3.03. The molecule has 1 amide bonds. The van der Waals surface area contributed by atoms with Crippen LogP contribution in [0.5, 0.6) is 0 Å². The van der Waals surface area contributed by atoms with Gasteiger partial charge in [-0.2, -0.15) is 5.10 Å². The SMILES string of the molecule is O=C(NCc1ncn[nH]1)c1ccc(-n2ccnc2)nc1. The predicted molar refractivity (Wildman–Crippen MR) is 68.9 cm³/mol. The van der Waals surface area contributed by atoms with Gasteiger partial charge in [-0.15, -0.1) is 0 Å². The third-order valence-electron chi connectivity index (χ3n) is 2.66. The minimum Gasteiger partial charge on any atom is -0.345 e. The number of hydrogen-bond donors (Lipinski definition) is 2. The lowest BCUT2D eigenvalue weighted by atomic mass is 10.2. The molecule has 3 rings (SSSR count). The molecule has 0 aromatic carbocycles. The van der Waals surface area contributed by atoms with Crippen LogP contribution in [0.3, 0.4) is 0 Å². The fourth-order valence-corrected chi connectivity index (χ4v) is 1.65. The molecule has 0 spiro atoms. The van der Waals surface area contributed by atoms with Gasteiger partial charge in [-0.05, 0) is 12.1 Å². The van der Waals surface area contributed by atoms with Gasteiger partial charge in [0.25, 0.3) is 5.91 Å². The molecule has 0 fully saturated rings. The molecular weight excluding hydrogens is 258 g/mol. The number of nitrogens with zero attached hydrogens (tertiary/aromatic N) is 5. The topological polar surface area (TPSA) is 101 Å². The summed E-state index contributed by atoms with van der Waals surface area (Å²) in [5.74, 6) is 1.08. The van der Waals surface area contributed by atoms with Gasteiger partial charge in [-0.1, -0.05) is 0 Å². The van der Waals surface area contributed by atoms with Crippen molar-refractivity contribution >= 4 is 5.91 Å². The lowest BCUT2D eigenvalue weighted by Crippen LogP contribution is -2.23. The molecule has 0 bridgehead atoms. The third-order valence-corrected chi connectivity index (χ3v) is 2.66. The first kappa shape index (κ1) is 12.0. The molecular formula is C12H11N7O. The number of carbonyl (C=O) groups is 1. The van der Waals surface area contributed by atoms with E-state index in [1.165, 1.54) is 12.5 Å². The van der Waals surface area contributed by atoms with Crippen molar-refractivity contribution in [1.29, 1.82) is 0 Å². The molecule has 0 saturated carbocycles. The van der Waals surface area contributed by atoms with Crippen molar-refractivity contribution in [2.45, 2.75) is 6.54 Å². The molecule has 3 aromatic heterocycles. The molecule has 0 aliphatic carbocycles. The number of pyridine rings is 1. The van der Waals surface area contributed by atoms with E-state index in [0.29, 0.717) is 23.8 Å². The Bertz CT molecular complexity index is 673. The second-order valence-electron chi connectivity index (χ2n) is 3.99. The van der Waals surface area contributed by atoms with E-state index < -0.39 is 0 Å². The Kier molecular flexibility index (Phi) is 3.19. The van der Waals surface area contributed by atoms with Gasteiger partial charge in [0.05, 0.1) is 12.1 Å². The second-order valence-corrected chi connectivity index (χ2v) is 3.99. The number of rotatable bonds is 4. The summed E-state index contributed by atoms with van der Waals surface area (Å²) in [6.07, 6.45) is 8.01. The summed E-state index contributed by atoms with van der Waals surface area (Å²) in [5, 5.41) is 9.10. The lowest BCUT2D eigenvalue weighted by Gasteiger charge is -2.04. The summed E-state index contributed by atoms with van der Waals surface area (Å²) in [7, 11) is 0. The molecule has 0 saturated heterocycles. The van der Waals surface area contributed by atoms with Crippen LogP contribution in [-0.4, -0.2) is 35.6 Å². The van der Waals surface area contributed by atoms with E-state index in [-0.39, 0.29) is 5.91 Å². The van der Waals surface area contributed by atoms with Crippen LogP contribution in [-0.2, 0) is 6.54 Å². The van der Waals surface area contributed by atoms with Gasteiger partial charge in [-0.25, -0.2) is 15.0 Å². The Morgan fingerprint density at radius 3 is 2.95 bits per heavy atom. The maximum atomic E-state index is 11.9. The molecule has 0 atom stereocenters. The molecule has 3 heterocycles. The van der Waals surface area contributed by atoms with Crippen LogP contribution < -0.4 is 5.32 Å². The van der Waals surface area contributed by atoms with Crippen molar-refractivity contribution in [2.24, 2.45) is 0 Å². The highest BCUT2D eigenvalue weighted by Crippen LogP contribution is 2.05. The van der Waals surface area contributed by atoms with Crippen molar-refractivity contribution < 1.29 is 4.79 Å². The maximum absolute atomic E-state index is 11.9. The number of carbonyl (C=O) groups excluding carboxylic acids is 1. The van der Waals surface area contributed by atoms with E-state index in [1.807, 2.05) is 0 Å². The van der Waals surface area contributed by atoms with E-state index in [2.05, 4.69) is 30.5 Å². The van der Waals surface area contributed by atoms with Crippen molar-refractivity contribution in [1.82, 2.24) is 35.0 Å². The Morgan fingerprint density at radius 1 is 1.35 bits per heavy atom. The monoisotopic (exact) mass is 269 g/mol. The zero-order valence-electron chi connectivity index (χ0n) is 10.4. The van der Waals surface area contributed by atoms with Gasteiger partial charge in [0.2, 0.25) is 0 Å². The van der Waals surface area contributed by atoms with Crippen LogP contribution in [0.2, 0.25) is 0 Å². The first-order valence-corrected chi connectivity index (χ1v) is 5.90. The quantitative estimate of drug-likeness (QED) is 0.710. The molecule has 0 radical (unpaired) electrons. The fourth-order valence-electron chi connectivity index (χ4n) is 1.65. The molecule has 100 valence electrons. The number of nitrogens with one attached hydrogen (secondary N) is 2. The lowest BCUT2D eigenvalue weighted by molar-refractivity contribution is 0.0949. The second kappa shape index (κ2) is 5.31. The summed E-state index contributed by atoms with van der Waals surface area (Å²) < 4.78 is 1.76. The summed E-state index contributed by atoms with van der Waals surface area (Å²) in [6.45, 7) is 0.294. The molecule has 0 aliphatic rings. The Balaban J connectivity index is 1.66. The van der Waals surface area contributed by atoms with E-state index in [0.717, 1.165) is 0 Å². The molecule has 8 heteroatoms. The smallest absolute Gasteiger partial charge is 0.253 e. The average Bonchev–Trinajstić information content (AvgIpc) is 3.18. The summed E-state index contributed by atoms with van der Waals surface area (Å²) >= 11 is 0. The normalized spacial score (nSPS) is 10.4. The predicted octanol–water partition coefficient (Wildman–Crippen LogP) is 0.315. The van der Waals surface area contributed by atoms with Crippen LogP contribution in [0.4, 0.5) is 0 Å². The highest BCUT2D eigenvalue weighted by atomic mass is 16.1. The number of imidazole rings is 1. The van der Waals surface area contributed by atoms with Crippen LogP contribution in [0.15, 0.2) is 43.4 Å². The Morgan fingerprint density at radius 2 is 2.30 bits per heavy atom. The Labute approximate surface area is 113 Å². The highest BCUT2D eigenvalue weighted by molar-refractivity contribution is 5.93. The van der Waals surface area contributed by atoms with Gasteiger partial charge < -0.3 is 5.32 Å². The van der Waals surface area contributed by atoms with Crippen LogP contribution in [0.25, 0.3) is 5.82 Å². The zero-order valence-corrected chi connectivity index (χ0v) is 10.4. The number of aromatic nitrogens is 6. The molecule has 8 nitrogen and oxygen atoms in total. The first-order chi connectivity index (χ1) is 9.83. The number of aromatic amines is 1. The van der Waals surface area contributed by atoms with E-state index in [4.69, 9.17) is 0 Å². The number of amides is 1. The van der Waals surface area contributed by atoms with Crippen molar-refractivity contribution in [3.8, 4) is 5.82 Å². The van der Waals surface area contributed by atoms with E-state index >= 15 is 0 Å². The molecule has 2 N–H and O–H groups in total. The summed E-state index contributed by atoms with van der Waals surface area (Å²) in [5.41, 5.74) is 0.480. The largest absolute Gasteiger partial charge is 0.345 e. The van der Waals surface area contributed by atoms with Crippen molar-refractivity contribution in [3.05, 3.63) is 54.8 Å². The minimum absolute atomic E-state index is 0.217. The fraction of sp³-hybridized carbons (Fsp3) is 0.0833. The van der Waals surface area contributed by atoms with Gasteiger partial charge in [0.15, 0.2) is 0 Å². The van der Waals surface area contributed by atoms with Crippen molar-refractivity contribution in [3.63, 3.8) is 0 Å². The average molecular weight is 269 g/mol. The summed E-state index contributed by atoms with van der Waals surface area (Å²) in [6, 6.07) is 3.46. The van der Waals surface area contributed by atoms with Gasteiger partial charge in [0, 0.05) is 18.6 Å². The van der Waals surface area contributed by atoms with Crippen LogP contribution >= 0.6 is 0 Å². The molecule has 3 aromatic rings. The van der Waals surface area contributed by atoms with Crippen LogP contribution in [0.1, 0.15) is 16.2 Å². The molecule has 20 heavy (non-hydrogen) atoms. The standard InChI is InChI=1S/C12H11N7O/c20-12(15-6-10-16-7-17-18-10)9-1-2-11(14-5-9)19-4-3-13-8-19/h1-5,7-8H,6H2,(H,15,20)(H,16,17,18). The van der Waals surface area contributed by atoms with Gasteiger partial charge in [0.1, 0.15) is 24.3 Å². The summed E-state index contributed by atoms with van der Waals surface area (Å²) in [4.78, 5) is 24.0. The van der Waals surface area contributed by atoms with E-state index in [9.17, 15) is 4.79 Å². The molecule has 0 aliphatic heterocycles. The third kappa shape index (κ3) is 2.53. The number of H-pyrrole nitrogens is 1. The highest BCUT2D eigenvalue weighted by Gasteiger charge is 2.07. The maximum Gasteiger partial charge on any atom is 0.253 e. The van der Waals surface area contributed by atoms with Gasteiger partial charge in [-0.3, -0.25) is 14.5 Å². The zero-order chi connectivity index (χ0) is 13.8. The van der Waals surface area contributed by atoms with Gasteiger partial charge >= 0.3 is 0 Å². The number of hydrogen-bond acceptors (Lipinski definition) is 5. The van der Waals surface area contributed by atoms with Crippen molar-refractivity contribution in [2.75, 3.05) is 0 Å².